The van der Waals surface area contributed by atoms with Crippen molar-refractivity contribution in [3.63, 3.8) is 0 Å². The van der Waals surface area contributed by atoms with Gasteiger partial charge in [0.2, 0.25) is 0 Å². The van der Waals surface area contributed by atoms with Crippen LogP contribution < -0.4 is 14.4 Å². The largest absolute Gasteiger partial charge is 0.491 e. The Morgan fingerprint density at radius 1 is 1.20 bits per heavy atom. The van der Waals surface area contributed by atoms with Crippen molar-refractivity contribution in [3.8, 4) is 22.9 Å². The summed E-state index contributed by atoms with van der Waals surface area (Å²) in [6, 6.07) is 5.20. The minimum absolute atomic E-state index is 0.202. The van der Waals surface area contributed by atoms with E-state index in [4.69, 9.17) is 9.47 Å². The minimum atomic E-state index is -4.35. The van der Waals surface area contributed by atoms with Gasteiger partial charge in [-0.15, -0.1) is 0 Å². The van der Waals surface area contributed by atoms with Crippen molar-refractivity contribution in [3.05, 3.63) is 48.2 Å². The topological polar surface area (TPSA) is 85.5 Å². The third-order valence-electron chi connectivity index (χ3n) is 4.71. The van der Waals surface area contributed by atoms with Crippen molar-refractivity contribution >= 4 is 5.82 Å². The Bertz CT molecular complexity index is 1070. The van der Waals surface area contributed by atoms with Gasteiger partial charge in [-0.05, 0) is 12.1 Å². The van der Waals surface area contributed by atoms with Crippen LogP contribution in [0.3, 0.4) is 0 Å². The van der Waals surface area contributed by atoms with Crippen LogP contribution >= 0.6 is 0 Å². The van der Waals surface area contributed by atoms with Crippen LogP contribution in [0.1, 0.15) is 17.5 Å². The molecule has 4 rings (SSSR count). The highest BCUT2D eigenvalue weighted by Gasteiger charge is 2.33. The summed E-state index contributed by atoms with van der Waals surface area (Å²) in [7, 11) is 3.00. The number of aromatic nitrogens is 4. The first-order chi connectivity index (χ1) is 14.3. The van der Waals surface area contributed by atoms with Crippen molar-refractivity contribution in [2.24, 2.45) is 0 Å². The molecule has 0 bridgehead atoms. The second-order valence-corrected chi connectivity index (χ2v) is 6.69. The standard InChI is InChI=1S/C19H18F3N5O3/c1-29-15-5-11(6-23-17(15)30-2)13-4-3-12-14(25-13)7-27(18(12)28)16-8-26(10-24-16)9-19(20,21)22/h3-6,8,10,18,28H,7,9H2,1-2H3. The summed E-state index contributed by atoms with van der Waals surface area (Å²) in [4.78, 5) is 14.3. The number of alkyl halides is 3. The van der Waals surface area contributed by atoms with Gasteiger partial charge in [0.25, 0.3) is 5.88 Å². The number of methoxy groups -OCH3 is 2. The van der Waals surface area contributed by atoms with Gasteiger partial charge < -0.3 is 24.0 Å². The Balaban J connectivity index is 1.59. The summed E-state index contributed by atoms with van der Waals surface area (Å²) >= 11 is 0. The lowest BCUT2D eigenvalue weighted by atomic mass is 10.1. The fourth-order valence-corrected chi connectivity index (χ4v) is 3.32. The number of pyridine rings is 2. The van der Waals surface area contributed by atoms with Gasteiger partial charge in [-0.3, -0.25) is 4.98 Å². The molecular formula is C19H18F3N5O3. The van der Waals surface area contributed by atoms with Crippen molar-refractivity contribution in [1.29, 1.82) is 0 Å². The number of hydrogen-bond acceptors (Lipinski definition) is 7. The van der Waals surface area contributed by atoms with Crippen LogP contribution in [0, 0.1) is 0 Å². The molecule has 1 unspecified atom stereocenters. The number of fused-ring (bicyclic) bond motifs is 1. The predicted molar refractivity (Wildman–Crippen MR) is 100.0 cm³/mol. The molecule has 0 aromatic carbocycles. The van der Waals surface area contributed by atoms with Crippen molar-refractivity contribution in [2.45, 2.75) is 25.5 Å². The Morgan fingerprint density at radius 2 is 2.00 bits per heavy atom. The van der Waals surface area contributed by atoms with Crippen LogP contribution in [0.25, 0.3) is 11.3 Å². The maximum atomic E-state index is 12.6. The number of rotatable bonds is 5. The second kappa shape index (κ2) is 7.48. The highest BCUT2D eigenvalue weighted by molar-refractivity contribution is 5.63. The minimum Gasteiger partial charge on any atom is -0.491 e. The zero-order valence-corrected chi connectivity index (χ0v) is 16.1. The zero-order valence-electron chi connectivity index (χ0n) is 16.1. The third-order valence-corrected chi connectivity index (χ3v) is 4.71. The first-order valence-electron chi connectivity index (χ1n) is 8.90. The van der Waals surface area contributed by atoms with E-state index in [1.165, 1.54) is 25.3 Å². The van der Waals surface area contributed by atoms with Crippen LogP contribution in [0.5, 0.6) is 11.6 Å². The highest BCUT2D eigenvalue weighted by atomic mass is 19.4. The smallest absolute Gasteiger partial charge is 0.406 e. The van der Waals surface area contributed by atoms with E-state index in [0.29, 0.717) is 34.1 Å². The number of imidazole rings is 1. The molecule has 0 radical (unpaired) electrons. The molecule has 1 N–H and O–H groups in total. The molecule has 0 saturated carbocycles. The molecular weight excluding hydrogens is 403 g/mol. The van der Waals surface area contributed by atoms with Crippen molar-refractivity contribution in [2.75, 3.05) is 19.1 Å². The molecule has 30 heavy (non-hydrogen) atoms. The number of halogens is 3. The van der Waals surface area contributed by atoms with Crippen LogP contribution in [-0.4, -0.2) is 45.0 Å². The van der Waals surface area contributed by atoms with E-state index in [0.717, 1.165) is 10.9 Å². The molecule has 4 heterocycles. The van der Waals surface area contributed by atoms with Gasteiger partial charge in [0.15, 0.2) is 12.0 Å². The fraction of sp³-hybridized carbons (Fsp3) is 0.316. The Labute approximate surface area is 169 Å². The summed E-state index contributed by atoms with van der Waals surface area (Å²) in [5, 5.41) is 10.6. The van der Waals surface area contributed by atoms with Gasteiger partial charge in [-0.2, -0.15) is 13.2 Å². The molecule has 3 aromatic rings. The van der Waals surface area contributed by atoms with Gasteiger partial charge in [-0.1, -0.05) is 6.07 Å². The predicted octanol–water partition coefficient (Wildman–Crippen LogP) is 2.93. The van der Waals surface area contributed by atoms with E-state index in [1.54, 1.807) is 24.4 Å². The third kappa shape index (κ3) is 3.75. The van der Waals surface area contributed by atoms with E-state index in [2.05, 4.69) is 15.0 Å². The van der Waals surface area contributed by atoms with E-state index >= 15 is 0 Å². The Morgan fingerprint density at radius 3 is 2.70 bits per heavy atom. The maximum Gasteiger partial charge on any atom is 0.406 e. The first-order valence-corrected chi connectivity index (χ1v) is 8.90. The molecule has 0 spiro atoms. The normalized spacial score (nSPS) is 15.9. The molecule has 0 fully saturated rings. The number of ether oxygens (including phenoxy) is 2. The average Bonchev–Trinajstić information content (AvgIpc) is 3.29. The zero-order chi connectivity index (χ0) is 21.5. The molecule has 11 heteroatoms. The number of aliphatic hydroxyl groups excluding tert-OH is 1. The lowest BCUT2D eigenvalue weighted by molar-refractivity contribution is -0.140. The molecule has 0 amide bonds. The maximum absolute atomic E-state index is 12.6. The number of anilines is 1. The van der Waals surface area contributed by atoms with Gasteiger partial charge in [-0.25, -0.2) is 9.97 Å². The molecule has 0 saturated heterocycles. The molecule has 1 atom stereocenters. The number of hydrogen-bond donors (Lipinski definition) is 1. The lowest BCUT2D eigenvalue weighted by Gasteiger charge is -2.19. The van der Waals surface area contributed by atoms with Gasteiger partial charge >= 0.3 is 6.18 Å². The monoisotopic (exact) mass is 421 g/mol. The van der Waals surface area contributed by atoms with Gasteiger partial charge in [0.05, 0.1) is 38.5 Å². The summed E-state index contributed by atoms with van der Waals surface area (Å²) in [6.07, 6.45) is -1.47. The molecule has 3 aromatic heterocycles. The van der Waals surface area contributed by atoms with E-state index in [9.17, 15) is 18.3 Å². The van der Waals surface area contributed by atoms with E-state index in [-0.39, 0.29) is 12.4 Å². The quantitative estimate of drug-likeness (QED) is 0.678. The summed E-state index contributed by atoms with van der Waals surface area (Å²) in [6.45, 7) is -0.945. The highest BCUT2D eigenvalue weighted by Crippen LogP contribution is 2.36. The summed E-state index contributed by atoms with van der Waals surface area (Å²) < 4.78 is 49.1. The second-order valence-electron chi connectivity index (χ2n) is 6.69. The van der Waals surface area contributed by atoms with Gasteiger partial charge in [0, 0.05) is 23.5 Å². The van der Waals surface area contributed by atoms with E-state index in [1.807, 2.05) is 0 Å². The summed E-state index contributed by atoms with van der Waals surface area (Å²) in [5.41, 5.74) is 2.47. The number of aliphatic hydroxyl groups is 1. The van der Waals surface area contributed by atoms with E-state index < -0.39 is 18.9 Å². The number of nitrogens with zero attached hydrogens (tertiary/aromatic N) is 5. The SMILES string of the molecule is COc1cc(-c2ccc3c(n2)CN(c2cn(CC(F)(F)F)cn2)C3O)cnc1OC. The van der Waals surface area contributed by atoms with Crippen LogP contribution in [0.2, 0.25) is 0 Å². The van der Waals surface area contributed by atoms with Crippen LogP contribution in [0.4, 0.5) is 19.0 Å². The molecule has 1 aliphatic heterocycles. The molecule has 158 valence electrons. The Hall–Kier alpha value is -3.34. The average molecular weight is 421 g/mol. The molecule has 1 aliphatic rings. The lowest BCUT2D eigenvalue weighted by Crippen LogP contribution is -2.21. The molecule has 0 aliphatic carbocycles. The molecule has 8 nitrogen and oxygen atoms in total. The first kappa shape index (κ1) is 20.0. The summed E-state index contributed by atoms with van der Waals surface area (Å²) in [5.74, 6) is 1.03. The van der Waals surface area contributed by atoms with Crippen LogP contribution in [0.15, 0.2) is 36.9 Å². The van der Waals surface area contributed by atoms with Crippen molar-refractivity contribution in [1.82, 2.24) is 19.5 Å². The van der Waals surface area contributed by atoms with Crippen molar-refractivity contribution < 1.29 is 27.8 Å². The van der Waals surface area contributed by atoms with Crippen LogP contribution in [-0.2, 0) is 13.1 Å². The van der Waals surface area contributed by atoms with Gasteiger partial charge in [0.1, 0.15) is 12.4 Å². The fourth-order valence-electron chi connectivity index (χ4n) is 3.32. The Kier molecular flexibility index (Phi) is 4.98.